The summed E-state index contributed by atoms with van der Waals surface area (Å²) in [6, 6.07) is 17.0. The standard InChI is InChI=1S/C22H23ClN2O2/c23-20-10-8-19(9-11-20)22(27)24-14-4-7-21(26)25-15-12-18(13-16-25)17-5-2-1-3-6-17/h1-3,5-6,8-12H,4,7,13-16H2,(H,24,27). The minimum absolute atomic E-state index is 0.138. The highest BCUT2D eigenvalue weighted by Gasteiger charge is 2.17. The summed E-state index contributed by atoms with van der Waals surface area (Å²) in [7, 11) is 0. The Balaban J connectivity index is 1.39. The van der Waals surface area contributed by atoms with Gasteiger partial charge in [-0.25, -0.2) is 0 Å². The van der Waals surface area contributed by atoms with Crippen molar-refractivity contribution in [3.8, 4) is 0 Å². The summed E-state index contributed by atoms with van der Waals surface area (Å²) < 4.78 is 0. The fourth-order valence-corrected chi connectivity index (χ4v) is 3.24. The Kier molecular flexibility index (Phi) is 6.66. The molecule has 2 amide bonds. The Labute approximate surface area is 164 Å². The van der Waals surface area contributed by atoms with Crippen LogP contribution in [0, 0.1) is 0 Å². The Hall–Kier alpha value is -2.59. The quantitative estimate of drug-likeness (QED) is 0.762. The molecule has 0 aromatic heterocycles. The maximum absolute atomic E-state index is 12.4. The van der Waals surface area contributed by atoms with Gasteiger partial charge in [0.25, 0.3) is 5.91 Å². The third-order valence-electron chi connectivity index (χ3n) is 4.67. The first-order valence-electron chi connectivity index (χ1n) is 9.19. The van der Waals surface area contributed by atoms with Crippen molar-refractivity contribution in [2.75, 3.05) is 19.6 Å². The predicted molar refractivity (Wildman–Crippen MR) is 109 cm³/mol. The lowest BCUT2D eigenvalue weighted by Gasteiger charge is -2.26. The number of carbonyl (C=O) groups excluding carboxylic acids is 2. The van der Waals surface area contributed by atoms with Gasteiger partial charge in [-0.05, 0) is 48.2 Å². The van der Waals surface area contributed by atoms with E-state index < -0.39 is 0 Å². The summed E-state index contributed by atoms with van der Waals surface area (Å²) in [5.41, 5.74) is 3.10. The monoisotopic (exact) mass is 382 g/mol. The van der Waals surface area contributed by atoms with Gasteiger partial charge in [0.05, 0.1) is 0 Å². The van der Waals surface area contributed by atoms with E-state index in [0.29, 0.717) is 36.5 Å². The fourth-order valence-electron chi connectivity index (χ4n) is 3.11. The highest BCUT2D eigenvalue weighted by atomic mass is 35.5. The number of nitrogens with one attached hydrogen (secondary N) is 1. The van der Waals surface area contributed by atoms with Crippen molar-refractivity contribution in [1.29, 1.82) is 0 Å². The Bertz CT molecular complexity index is 816. The lowest BCUT2D eigenvalue weighted by molar-refractivity contribution is -0.130. The number of carbonyl (C=O) groups is 2. The molecule has 0 spiro atoms. The van der Waals surface area contributed by atoms with E-state index in [1.54, 1.807) is 24.3 Å². The molecule has 1 heterocycles. The van der Waals surface area contributed by atoms with Gasteiger partial charge >= 0.3 is 0 Å². The van der Waals surface area contributed by atoms with Crippen molar-refractivity contribution >= 4 is 29.0 Å². The molecule has 1 aliphatic heterocycles. The van der Waals surface area contributed by atoms with E-state index in [1.165, 1.54) is 11.1 Å². The molecule has 2 aromatic rings. The van der Waals surface area contributed by atoms with Gasteiger partial charge < -0.3 is 10.2 Å². The van der Waals surface area contributed by atoms with E-state index in [-0.39, 0.29) is 11.8 Å². The number of nitrogens with zero attached hydrogens (tertiary/aromatic N) is 1. The lowest BCUT2D eigenvalue weighted by atomic mass is 9.99. The predicted octanol–water partition coefficient (Wildman–Crippen LogP) is 4.17. The van der Waals surface area contributed by atoms with Crippen molar-refractivity contribution in [3.05, 3.63) is 76.8 Å². The third-order valence-corrected chi connectivity index (χ3v) is 4.92. The van der Waals surface area contributed by atoms with E-state index in [2.05, 4.69) is 23.5 Å². The molecule has 0 fully saturated rings. The average Bonchev–Trinajstić information content (AvgIpc) is 2.72. The smallest absolute Gasteiger partial charge is 0.251 e. The number of amides is 2. The van der Waals surface area contributed by atoms with Crippen molar-refractivity contribution in [3.63, 3.8) is 0 Å². The van der Waals surface area contributed by atoms with Gasteiger partial charge in [-0.1, -0.05) is 48.0 Å². The molecule has 1 N–H and O–H groups in total. The minimum atomic E-state index is -0.146. The van der Waals surface area contributed by atoms with E-state index in [0.717, 1.165) is 13.0 Å². The molecule has 1 aliphatic rings. The maximum atomic E-state index is 12.4. The molecule has 0 aliphatic carbocycles. The number of halogens is 1. The highest BCUT2D eigenvalue weighted by Crippen LogP contribution is 2.22. The second-order valence-electron chi connectivity index (χ2n) is 6.55. The first-order valence-corrected chi connectivity index (χ1v) is 9.57. The lowest BCUT2D eigenvalue weighted by Crippen LogP contribution is -2.35. The molecule has 2 aromatic carbocycles. The first kappa shape index (κ1) is 19.2. The zero-order valence-electron chi connectivity index (χ0n) is 15.2. The fraction of sp³-hybridized carbons (Fsp3) is 0.273. The van der Waals surface area contributed by atoms with Crippen molar-refractivity contribution in [2.24, 2.45) is 0 Å². The zero-order valence-corrected chi connectivity index (χ0v) is 15.9. The Morgan fingerprint density at radius 1 is 1.04 bits per heavy atom. The molecular weight excluding hydrogens is 360 g/mol. The van der Waals surface area contributed by atoms with Gasteiger partial charge in [0.1, 0.15) is 0 Å². The number of hydrogen-bond acceptors (Lipinski definition) is 2. The van der Waals surface area contributed by atoms with Gasteiger partial charge in [-0.15, -0.1) is 0 Å². The van der Waals surface area contributed by atoms with Crippen LogP contribution in [0.15, 0.2) is 60.7 Å². The Morgan fingerprint density at radius 2 is 1.78 bits per heavy atom. The van der Waals surface area contributed by atoms with Crippen LogP contribution in [0.5, 0.6) is 0 Å². The normalized spacial score (nSPS) is 13.8. The largest absolute Gasteiger partial charge is 0.352 e. The number of rotatable bonds is 6. The van der Waals surface area contributed by atoms with E-state index in [1.807, 2.05) is 23.1 Å². The van der Waals surface area contributed by atoms with Crippen LogP contribution < -0.4 is 5.32 Å². The summed E-state index contributed by atoms with van der Waals surface area (Å²) in [5, 5.41) is 3.44. The highest BCUT2D eigenvalue weighted by molar-refractivity contribution is 6.30. The van der Waals surface area contributed by atoms with E-state index >= 15 is 0 Å². The van der Waals surface area contributed by atoms with Crippen molar-refractivity contribution < 1.29 is 9.59 Å². The summed E-state index contributed by atoms with van der Waals surface area (Å²) in [4.78, 5) is 26.3. The molecule has 140 valence electrons. The van der Waals surface area contributed by atoms with Gasteiger partial charge in [-0.2, -0.15) is 0 Å². The maximum Gasteiger partial charge on any atom is 0.251 e. The zero-order chi connectivity index (χ0) is 19.1. The number of benzene rings is 2. The SMILES string of the molecule is O=C(NCCCC(=O)N1CC=C(c2ccccc2)CC1)c1ccc(Cl)cc1. The summed E-state index contributed by atoms with van der Waals surface area (Å²) >= 11 is 5.82. The molecule has 0 saturated carbocycles. The molecule has 27 heavy (non-hydrogen) atoms. The summed E-state index contributed by atoms with van der Waals surface area (Å²) in [6.45, 7) is 1.88. The molecule has 0 radical (unpaired) electrons. The molecule has 0 bridgehead atoms. The van der Waals surface area contributed by atoms with Crippen molar-refractivity contribution in [1.82, 2.24) is 10.2 Å². The van der Waals surface area contributed by atoms with Crippen LogP contribution in [0.4, 0.5) is 0 Å². The van der Waals surface area contributed by atoms with Gasteiger partial charge in [0.2, 0.25) is 5.91 Å². The van der Waals surface area contributed by atoms with E-state index in [9.17, 15) is 9.59 Å². The minimum Gasteiger partial charge on any atom is -0.352 e. The van der Waals surface area contributed by atoms with Crippen LogP contribution in [0.3, 0.4) is 0 Å². The topological polar surface area (TPSA) is 49.4 Å². The van der Waals surface area contributed by atoms with Crippen LogP contribution in [0.25, 0.3) is 5.57 Å². The molecule has 3 rings (SSSR count). The first-order chi connectivity index (χ1) is 13.1. The molecule has 4 nitrogen and oxygen atoms in total. The summed E-state index contributed by atoms with van der Waals surface area (Å²) in [5.74, 6) is -0.00775. The number of hydrogen-bond donors (Lipinski definition) is 1. The van der Waals surface area contributed by atoms with Crippen LogP contribution in [0.1, 0.15) is 35.2 Å². The van der Waals surface area contributed by atoms with E-state index in [4.69, 9.17) is 11.6 Å². The van der Waals surface area contributed by atoms with Crippen LogP contribution >= 0.6 is 11.6 Å². The van der Waals surface area contributed by atoms with Crippen LogP contribution in [0.2, 0.25) is 5.02 Å². The second-order valence-corrected chi connectivity index (χ2v) is 6.99. The van der Waals surface area contributed by atoms with Crippen LogP contribution in [-0.4, -0.2) is 36.3 Å². The van der Waals surface area contributed by atoms with Crippen LogP contribution in [-0.2, 0) is 4.79 Å². The molecule has 5 heteroatoms. The molecule has 0 atom stereocenters. The molecular formula is C22H23ClN2O2. The second kappa shape index (κ2) is 9.38. The molecule has 0 saturated heterocycles. The van der Waals surface area contributed by atoms with Crippen molar-refractivity contribution in [2.45, 2.75) is 19.3 Å². The summed E-state index contributed by atoms with van der Waals surface area (Å²) in [6.07, 6.45) is 4.08. The molecule has 0 unspecified atom stereocenters. The Morgan fingerprint density at radius 3 is 2.44 bits per heavy atom. The van der Waals surface area contributed by atoms with Gasteiger partial charge in [0, 0.05) is 36.6 Å². The van der Waals surface area contributed by atoms with Gasteiger partial charge in [-0.3, -0.25) is 9.59 Å². The average molecular weight is 383 g/mol. The third kappa shape index (κ3) is 5.44. The van der Waals surface area contributed by atoms with Gasteiger partial charge in [0.15, 0.2) is 0 Å².